The maximum Gasteiger partial charge on any atom is 0.379 e. The predicted octanol–water partition coefficient (Wildman–Crippen LogP) is 2.58. The summed E-state index contributed by atoms with van der Waals surface area (Å²) < 4.78 is 107. The summed E-state index contributed by atoms with van der Waals surface area (Å²) in [5.41, 5.74) is 0. The van der Waals surface area contributed by atoms with Gasteiger partial charge in [0.05, 0.1) is 0 Å². The van der Waals surface area contributed by atoms with Gasteiger partial charge in [0, 0.05) is 0 Å². The van der Waals surface area contributed by atoms with Crippen molar-refractivity contribution in [1.29, 1.82) is 0 Å². The van der Waals surface area contributed by atoms with Gasteiger partial charge in [0.25, 0.3) is 0 Å². The van der Waals surface area contributed by atoms with Crippen LogP contribution in [0.25, 0.3) is 0 Å². The van der Waals surface area contributed by atoms with Gasteiger partial charge in [-0.05, 0) is 0 Å². The first-order valence-electron chi connectivity index (χ1n) is 4.93. The lowest BCUT2D eigenvalue weighted by Crippen LogP contribution is -2.22. The minimum atomic E-state index is -3.91. The second kappa shape index (κ2) is 6.58. The average molecular weight is 338 g/mol. The largest absolute Gasteiger partial charge is 0.415 e. The highest BCUT2D eigenvalue weighted by Gasteiger charge is 2.34. The van der Waals surface area contributed by atoms with Gasteiger partial charge in [-0.2, -0.15) is 26.3 Å². The Hall–Kier alpha value is -2.40. The monoisotopic (exact) mass is 338 g/mol. The molecule has 0 aliphatic rings. The molecule has 22 heavy (non-hydrogen) atoms. The summed E-state index contributed by atoms with van der Waals surface area (Å²) >= 11 is 0. The first-order valence-corrected chi connectivity index (χ1v) is 4.93. The van der Waals surface area contributed by atoms with Crippen molar-refractivity contribution in [2.24, 2.45) is 0 Å². The Balaban J connectivity index is 3.44. The van der Waals surface area contributed by atoms with Crippen LogP contribution < -0.4 is 9.47 Å². The average Bonchev–Trinajstić information content (AvgIpc) is 2.45. The maximum atomic E-state index is 13.3. The molecule has 0 fully saturated rings. The van der Waals surface area contributed by atoms with E-state index in [-0.39, 0.29) is 0 Å². The Morgan fingerprint density at radius 3 is 1.14 bits per heavy atom. The van der Waals surface area contributed by atoms with Gasteiger partial charge in [0.2, 0.25) is 34.8 Å². The number of halogens is 8. The van der Waals surface area contributed by atoms with Gasteiger partial charge >= 0.3 is 24.8 Å². The molecule has 0 saturated carbocycles. The highest BCUT2D eigenvalue weighted by molar-refractivity contribution is 5.79. The fourth-order valence-corrected chi connectivity index (χ4v) is 1.06. The zero-order chi connectivity index (χ0) is 17.2. The number of rotatable bonds is 4. The molecular formula is C10H2F8O4. The van der Waals surface area contributed by atoms with Crippen LogP contribution in [-0.2, 0) is 9.59 Å². The number of hydrogen-bond donors (Lipinski definition) is 0. The smallest absolute Gasteiger partial charge is 0.379 e. The Morgan fingerprint density at radius 1 is 0.636 bits per heavy atom. The van der Waals surface area contributed by atoms with Crippen molar-refractivity contribution in [3.63, 3.8) is 0 Å². The molecule has 0 aliphatic carbocycles. The molecule has 0 aliphatic heterocycles. The van der Waals surface area contributed by atoms with Crippen LogP contribution >= 0.6 is 0 Å². The van der Waals surface area contributed by atoms with Gasteiger partial charge in [0.15, 0.2) is 0 Å². The number of benzene rings is 1. The summed E-state index contributed by atoms with van der Waals surface area (Å²) in [7, 11) is 0. The number of hydrogen-bond acceptors (Lipinski definition) is 4. The molecule has 4 nitrogen and oxygen atoms in total. The van der Waals surface area contributed by atoms with Crippen LogP contribution in [0.3, 0.4) is 0 Å². The second-order valence-electron chi connectivity index (χ2n) is 3.36. The molecule has 0 saturated heterocycles. The lowest BCUT2D eigenvalue weighted by molar-refractivity contribution is -0.149. The van der Waals surface area contributed by atoms with E-state index in [1.165, 1.54) is 0 Å². The molecule has 0 atom stereocenters. The Bertz CT molecular complexity index is 563. The van der Waals surface area contributed by atoms with Crippen LogP contribution in [0.1, 0.15) is 0 Å². The second-order valence-corrected chi connectivity index (χ2v) is 3.36. The van der Waals surface area contributed by atoms with Crippen LogP contribution in [0.2, 0.25) is 0 Å². The molecule has 1 rings (SSSR count). The van der Waals surface area contributed by atoms with Gasteiger partial charge in [-0.1, -0.05) is 0 Å². The maximum absolute atomic E-state index is 13.3. The highest BCUT2D eigenvalue weighted by atomic mass is 19.3. The van der Waals surface area contributed by atoms with Crippen molar-refractivity contribution in [1.82, 2.24) is 0 Å². The molecule has 0 spiro atoms. The lowest BCUT2D eigenvalue weighted by Gasteiger charge is -2.13. The van der Waals surface area contributed by atoms with Crippen molar-refractivity contribution in [2.45, 2.75) is 12.9 Å². The zero-order valence-electron chi connectivity index (χ0n) is 9.81. The standard InChI is InChI=1S/C10H2F8O4/c11-1-2(12)4(14)6(22-10(20)8(17)18)5(3(1)13)21-9(19)7(15)16/h7-8H. The van der Waals surface area contributed by atoms with Crippen molar-refractivity contribution >= 4 is 11.9 Å². The van der Waals surface area contributed by atoms with Gasteiger partial charge in [-0.25, -0.2) is 18.4 Å². The van der Waals surface area contributed by atoms with E-state index in [1.54, 1.807) is 0 Å². The van der Waals surface area contributed by atoms with Crippen molar-refractivity contribution in [3.8, 4) is 11.5 Å². The van der Waals surface area contributed by atoms with Crippen LogP contribution in [0.5, 0.6) is 11.5 Å². The Morgan fingerprint density at radius 2 is 0.909 bits per heavy atom. The van der Waals surface area contributed by atoms with Crippen molar-refractivity contribution in [2.75, 3.05) is 0 Å². The zero-order valence-corrected chi connectivity index (χ0v) is 9.81. The topological polar surface area (TPSA) is 52.6 Å². The van der Waals surface area contributed by atoms with Crippen LogP contribution in [0.15, 0.2) is 0 Å². The molecule has 1 aromatic rings. The summed E-state index contributed by atoms with van der Waals surface area (Å²) in [6, 6.07) is 0. The predicted molar refractivity (Wildman–Crippen MR) is 49.6 cm³/mol. The molecule has 0 radical (unpaired) electrons. The quantitative estimate of drug-likeness (QED) is 0.278. The van der Waals surface area contributed by atoms with Crippen LogP contribution in [0, 0.1) is 23.3 Å². The molecule has 0 unspecified atom stereocenters. The van der Waals surface area contributed by atoms with Gasteiger partial charge < -0.3 is 9.47 Å². The normalized spacial score (nSPS) is 11.0. The van der Waals surface area contributed by atoms with Crippen molar-refractivity contribution < 1.29 is 54.2 Å². The first-order chi connectivity index (χ1) is 10.1. The number of esters is 2. The summed E-state index contributed by atoms with van der Waals surface area (Å²) in [6.45, 7) is 0. The molecule has 1 aromatic carbocycles. The van der Waals surface area contributed by atoms with E-state index in [4.69, 9.17) is 0 Å². The molecule has 0 bridgehead atoms. The van der Waals surface area contributed by atoms with E-state index in [2.05, 4.69) is 9.47 Å². The summed E-state index contributed by atoms with van der Waals surface area (Å²) in [4.78, 5) is 21.2. The number of carbonyl (C=O) groups excluding carboxylic acids is 2. The molecule has 0 amide bonds. The van der Waals surface area contributed by atoms with E-state index in [0.29, 0.717) is 0 Å². The highest BCUT2D eigenvalue weighted by Crippen LogP contribution is 2.37. The van der Waals surface area contributed by atoms with Gasteiger partial charge in [-0.3, -0.25) is 0 Å². The molecule has 122 valence electrons. The van der Waals surface area contributed by atoms with E-state index >= 15 is 0 Å². The fraction of sp³-hybridized carbons (Fsp3) is 0.200. The number of ether oxygens (including phenoxy) is 2. The molecular weight excluding hydrogens is 336 g/mol. The SMILES string of the molecule is O=C(Oc1c(F)c(F)c(F)c(F)c1OC(=O)C(F)F)C(F)F. The van der Waals surface area contributed by atoms with Gasteiger partial charge in [0.1, 0.15) is 0 Å². The molecule has 0 N–H and O–H groups in total. The minimum Gasteiger partial charge on any atom is -0.415 e. The van der Waals surface area contributed by atoms with Crippen molar-refractivity contribution in [3.05, 3.63) is 23.3 Å². The molecule has 12 heteroatoms. The number of carbonyl (C=O) groups is 2. The third-order valence-electron chi connectivity index (χ3n) is 1.94. The minimum absolute atomic E-state index is 2.12. The first kappa shape index (κ1) is 17.7. The summed E-state index contributed by atoms with van der Waals surface area (Å²) in [5, 5.41) is 0. The van der Waals surface area contributed by atoms with Crippen LogP contribution in [-0.4, -0.2) is 24.8 Å². The van der Waals surface area contributed by atoms with E-state index < -0.39 is 59.6 Å². The Kier molecular flexibility index (Phi) is 5.28. The number of alkyl halides is 4. The molecule has 0 aromatic heterocycles. The van der Waals surface area contributed by atoms with E-state index in [9.17, 15) is 44.7 Å². The van der Waals surface area contributed by atoms with E-state index in [0.717, 1.165) is 0 Å². The van der Waals surface area contributed by atoms with Gasteiger partial charge in [-0.15, -0.1) is 0 Å². The van der Waals surface area contributed by atoms with E-state index in [1.807, 2.05) is 0 Å². The fourth-order valence-electron chi connectivity index (χ4n) is 1.06. The Labute approximate surface area is 115 Å². The lowest BCUT2D eigenvalue weighted by atomic mass is 10.2. The summed E-state index contributed by atoms with van der Waals surface area (Å²) in [6.07, 6.45) is -7.82. The third-order valence-corrected chi connectivity index (χ3v) is 1.94. The molecule has 0 heterocycles. The summed E-state index contributed by atoms with van der Waals surface area (Å²) in [5.74, 6) is -19.6. The van der Waals surface area contributed by atoms with Crippen LogP contribution in [0.4, 0.5) is 35.1 Å². The third kappa shape index (κ3) is 3.43.